The minimum atomic E-state index is -4.87. The molecular formula is C14H14F3NO. The third-order valence-corrected chi connectivity index (χ3v) is 3.16. The van der Waals surface area contributed by atoms with E-state index in [4.69, 9.17) is 0 Å². The van der Waals surface area contributed by atoms with E-state index in [2.05, 4.69) is 0 Å². The summed E-state index contributed by atoms with van der Waals surface area (Å²) < 4.78 is 37.0. The van der Waals surface area contributed by atoms with Crippen LogP contribution >= 0.6 is 0 Å². The second-order valence-electron chi connectivity index (χ2n) is 4.57. The first-order valence-electron chi connectivity index (χ1n) is 6.07. The minimum Gasteiger partial charge on any atom is -0.317 e. The molecule has 1 aliphatic rings. The largest absolute Gasteiger partial charge is 0.471 e. The van der Waals surface area contributed by atoms with Crippen molar-refractivity contribution >= 4 is 17.2 Å². The Morgan fingerprint density at radius 1 is 1.32 bits per heavy atom. The van der Waals surface area contributed by atoms with Crippen LogP contribution in [0.4, 0.5) is 18.9 Å². The number of aryl methyl sites for hydroxylation is 1. The summed E-state index contributed by atoms with van der Waals surface area (Å²) in [4.78, 5) is 11.1. The van der Waals surface area contributed by atoms with Crippen molar-refractivity contribution in [1.29, 1.82) is 0 Å². The Morgan fingerprint density at radius 3 is 2.63 bits per heavy atom. The Balaban J connectivity index is 2.36. The smallest absolute Gasteiger partial charge is 0.317 e. The molecule has 5 heteroatoms. The third kappa shape index (κ3) is 2.97. The number of nitrogens with one attached hydrogen (secondary N) is 1. The summed E-state index contributed by atoms with van der Waals surface area (Å²) in [5.74, 6) is -1.93. The lowest BCUT2D eigenvalue weighted by Crippen LogP contribution is -2.30. The van der Waals surface area contributed by atoms with Crippen LogP contribution in [-0.4, -0.2) is 12.1 Å². The van der Waals surface area contributed by atoms with Crippen molar-refractivity contribution in [3.8, 4) is 0 Å². The van der Waals surface area contributed by atoms with Crippen molar-refractivity contribution in [2.75, 3.05) is 5.32 Å². The van der Waals surface area contributed by atoms with Crippen molar-refractivity contribution in [2.24, 2.45) is 0 Å². The number of rotatable bonds is 2. The van der Waals surface area contributed by atoms with E-state index in [-0.39, 0.29) is 5.69 Å². The number of benzene rings is 1. The van der Waals surface area contributed by atoms with Crippen molar-refractivity contribution in [2.45, 2.75) is 32.4 Å². The van der Waals surface area contributed by atoms with Crippen LogP contribution in [0.15, 0.2) is 24.3 Å². The number of carbonyl (C=O) groups excluding carboxylic acids is 1. The number of carbonyl (C=O) groups is 1. The molecule has 1 aliphatic carbocycles. The summed E-state index contributed by atoms with van der Waals surface area (Å²) in [5.41, 5.74) is 2.58. The Kier molecular flexibility index (Phi) is 3.64. The maximum atomic E-state index is 12.3. The average molecular weight is 269 g/mol. The first kappa shape index (κ1) is 13.6. The summed E-state index contributed by atoms with van der Waals surface area (Å²) in [6.45, 7) is 1.69. The highest BCUT2D eigenvalue weighted by molar-refractivity contribution is 5.98. The molecular weight excluding hydrogens is 255 g/mol. The molecule has 0 saturated carbocycles. The van der Waals surface area contributed by atoms with E-state index < -0.39 is 12.1 Å². The van der Waals surface area contributed by atoms with Crippen LogP contribution in [0.5, 0.6) is 0 Å². The van der Waals surface area contributed by atoms with Gasteiger partial charge in [-0.05, 0) is 37.3 Å². The van der Waals surface area contributed by atoms with E-state index >= 15 is 0 Å². The van der Waals surface area contributed by atoms with Gasteiger partial charge in [-0.25, -0.2) is 0 Å². The first-order valence-corrected chi connectivity index (χ1v) is 6.07. The van der Waals surface area contributed by atoms with Gasteiger partial charge >= 0.3 is 12.1 Å². The summed E-state index contributed by atoms with van der Waals surface area (Å²) in [7, 11) is 0. The van der Waals surface area contributed by atoms with Gasteiger partial charge in [0.25, 0.3) is 0 Å². The van der Waals surface area contributed by atoms with Gasteiger partial charge in [-0.15, -0.1) is 0 Å². The summed E-state index contributed by atoms with van der Waals surface area (Å²) in [5, 5.41) is 1.99. The molecule has 0 unspecified atom stereocenters. The topological polar surface area (TPSA) is 29.1 Å². The minimum absolute atomic E-state index is 0.262. The van der Waals surface area contributed by atoms with Gasteiger partial charge in [0.1, 0.15) is 0 Å². The fraction of sp³-hybridized carbons (Fsp3) is 0.357. The summed E-state index contributed by atoms with van der Waals surface area (Å²) in [6, 6.07) is 5.22. The first-order chi connectivity index (χ1) is 8.89. The number of halogens is 3. The molecule has 2 rings (SSSR count). The fourth-order valence-corrected chi connectivity index (χ4v) is 2.20. The molecule has 0 radical (unpaired) electrons. The highest BCUT2D eigenvalue weighted by atomic mass is 19.4. The lowest BCUT2D eigenvalue weighted by molar-refractivity contribution is -0.167. The lowest BCUT2D eigenvalue weighted by atomic mass is 10.00. The molecule has 1 aromatic rings. The van der Waals surface area contributed by atoms with Crippen molar-refractivity contribution in [3.05, 3.63) is 35.4 Å². The number of anilines is 1. The monoisotopic (exact) mass is 269 g/mol. The van der Waals surface area contributed by atoms with Gasteiger partial charge < -0.3 is 5.32 Å². The van der Waals surface area contributed by atoms with Crippen LogP contribution in [-0.2, 0) is 4.79 Å². The van der Waals surface area contributed by atoms with Gasteiger partial charge in [-0.1, -0.05) is 24.3 Å². The van der Waals surface area contributed by atoms with Crippen molar-refractivity contribution in [3.63, 3.8) is 0 Å². The average Bonchev–Trinajstić information content (AvgIpc) is 2.83. The van der Waals surface area contributed by atoms with E-state index in [1.807, 2.05) is 11.4 Å². The van der Waals surface area contributed by atoms with E-state index in [0.717, 1.165) is 24.8 Å². The molecule has 0 bridgehead atoms. The second-order valence-corrected chi connectivity index (χ2v) is 4.57. The quantitative estimate of drug-likeness (QED) is 0.861. The van der Waals surface area contributed by atoms with Gasteiger partial charge in [0, 0.05) is 5.56 Å². The number of para-hydroxylation sites is 1. The van der Waals surface area contributed by atoms with E-state index in [0.29, 0.717) is 11.1 Å². The molecule has 1 amide bonds. The molecule has 0 atom stereocenters. The summed E-state index contributed by atoms with van der Waals surface area (Å²) >= 11 is 0. The molecule has 0 heterocycles. The molecule has 0 spiro atoms. The molecule has 2 nitrogen and oxygen atoms in total. The zero-order valence-electron chi connectivity index (χ0n) is 10.5. The highest BCUT2D eigenvalue weighted by Gasteiger charge is 2.39. The predicted molar refractivity (Wildman–Crippen MR) is 67.7 cm³/mol. The van der Waals surface area contributed by atoms with Crippen LogP contribution in [0.1, 0.15) is 30.4 Å². The van der Waals surface area contributed by atoms with Crippen molar-refractivity contribution in [1.82, 2.24) is 0 Å². The number of hydrogen-bond donors (Lipinski definition) is 1. The van der Waals surface area contributed by atoms with Crippen LogP contribution in [0, 0.1) is 6.92 Å². The third-order valence-electron chi connectivity index (χ3n) is 3.16. The maximum Gasteiger partial charge on any atom is 0.471 e. The van der Waals surface area contributed by atoms with E-state index in [9.17, 15) is 18.0 Å². The second kappa shape index (κ2) is 5.07. The Labute approximate surface area is 109 Å². The fourth-order valence-electron chi connectivity index (χ4n) is 2.20. The standard InChI is InChI=1S/C14H14F3NO/c1-9-5-4-8-11(10-6-2-3-7-10)12(9)18-13(19)14(15,16)17/h4-6,8H,2-3,7H2,1H3,(H,18,19). The van der Waals surface area contributed by atoms with Gasteiger partial charge in [-0.3, -0.25) is 4.79 Å². The number of hydrogen-bond acceptors (Lipinski definition) is 1. The number of amides is 1. The van der Waals surface area contributed by atoms with Crippen LogP contribution in [0.25, 0.3) is 5.57 Å². The zero-order valence-corrected chi connectivity index (χ0v) is 10.5. The number of allylic oxidation sites excluding steroid dienone is 2. The highest BCUT2D eigenvalue weighted by Crippen LogP contribution is 2.34. The van der Waals surface area contributed by atoms with Crippen molar-refractivity contribution < 1.29 is 18.0 Å². The van der Waals surface area contributed by atoms with Gasteiger partial charge in [0.15, 0.2) is 0 Å². The predicted octanol–water partition coefficient (Wildman–Crippen LogP) is 4.06. The number of alkyl halides is 3. The van der Waals surface area contributed by atoms with Gasteiger partial charge in [0.05, 0.1) is 5.69 Å². The lowest BCUT2D eigenvalue weighted by Gasteiger charge is -2.15. The molecule has 0 saturated heterocycles. The summed E-state index contributed by atoms with van der Waals surface area (Å²) in [6.07, 6.45) is -0.105. The molecule has 102 valence electrons. The Bertz CT molecular complexity index is 532. The van der Waals surface area contributed by atoms with E-state index in [1.165, 1.54) is 0 Å². The van der Waals surface area contributed by atoms with E-state index in [1.54, 1.807) is 25.1 Å². The molecule has 0 fully saturated rings. The molecule has 19 heavy (non-hydrogen) atoms. The Hall–Kier alpha value is -1.78. The van der Waals surface area contributed by atoms with Crippen LogP contribution < -0.4 is 5.32 Å². The maximum absolute atomic E-state index is 12.3. The normalized spacial score (nSPS) is 15.3. The molecule has 1 N–H and O–H groups in total. The zero-order chi connectivity index (χ0) is 14.0. The van der Waals surface area contributed by atoms with Crippen LogP contribution in [0.3, 0.4) is 0 Å². The molecule has 0 aromatic heterocycles. The Morgan fingerprint density at radius 2 is 2.05 bits per heavy atom. The van der Waals surface area contributed by atoms with Gasteiger partial charge in [0.2, 0.25) is 0 Å². The molecule has 0 aliphatic heterocycles. The molecule has 1 aromatic carbocycles. The van der Waals surface area contributed by atoms with Gasteiger partial charge in [-0.2, -0.15) is 13.2 Å². The van der Waals surface area contributed by atoms with Crippen LogP contribution in [0.2, 0.25) is 0 Å². The SMILES string of the molecule is Cc1cccc(C2=CCCC2)c1NC(=O)C(F)(F)F.